The van der Waals surface area contributed by atoms with Crippen LogP contribution in [-0.2, 0) is 10.2 Å². The number of hydrogen-bond acceptors (Lipinski definition) is 2. The van der Waals surface area contributed by atoms with Crippen LogP contribution in [0.15, 0.2) is 22.7 Å². The van der Waals surface area contributed by atoms with E-state index in [1.807, 2.05) is 0 Å². The van der Waals surface area contributed by atoms with Crippen LogP contribution < -0.4 is 4.90 Å². The van der Waals surface area contributed by atoms with E-state index in [2.05, 4.69) is 15.9 Å². The molecule has 0 N–H and O–H groups in total. The average Bonchev–Trinajstić information content (AvgIpc) is 2.49. The first-order valence-corrected chi connectivity index (χ1v) is 7.22. The van der Waals surface area contributed by atoms with E-state index in [-0.39, 0.29) is 23.4 Å². The first-order chi connectivity index (χ1) is 8.65. The zero-order chi connectivity index (χ0) is 14.4. The number of nitrogens with zero attached hydrogens (tertiary/aromatic N) is 1. The Morgan fingerprint density at radius 1 is 1.42 bits per heavy atom. The SMILES string of the molecule is CN1C(=O)C(C)(CSC(F)(F)F)c2cc(Br)ccc21. The van der Waals surface area contributed by atoms with Gasteiger partial charge in [-0.25, -0.2) is 0 Å². The Hall–Kier alpha value is -0.690. The molecule has 19 heavy (non-hydrogen) atoms. The number of carbonyl (C=O) groups is 1. The maximum Gasteiger partial charge on any atom is 0.441 e. The highest BCUT2D eigenvalue weighted by atomic mass is 79.9. The third-order valence-electron chi connectivity index (χ3n) is 3.22. The van der Waals surface area contributed by atoms with Crippen LogP contribution >= 0.6 is 27.7 Å². The van der Waals surface area contributed by atoms with Crippen LogP contribution in [0.2, 0.25) is 0 Å². The van der Waals surface area contributed by atoms with Crippen molar-refractivity contribution in [3.63, 3.8) is 0 Å². The van der Waals surface area contributed by atoms with E-state index in [1.54, 1.807) is 32.2 Å². The van der Waals surface area contributed by atoms with Gasteiger partial charge in [0.15, 0.2) is 0 Å². The molecule has 1 atom stereocenters. The van der Waals surface area contributed by atoms with Crippen LogP contribution in [-0.4, -0.2) is 24.2 Å². The average molecular weight is 354 g/mol. The van der Waals surface area contributed by atoms with E-state index < -0.39 is 10.9 Å². The van der Waals surface area contributed by atoms with Gasteiger partial charge in [0.1, 0.15) is 0 Å². The van der Waals surface area contributed by atoms with Crippen molar-refractivity contribution >= 4 is 39.3 Å². The fraction of sp³-hybridized carbons (Fsp3) is 0.417. The van der Waals surface area contributed by atoms with Crippen molar-refractivity contribution in [1.82, 2.24) is 0 Å². The lowest BCUT2D eigenvalue weighted by atomic mass is 9.86. The molecule has 0 spiro atoms. The summed E-state index contributed by atoms with van der Waals surface area (Å²) in [5, 5.41) is 0. The fourth-order valence-electron chi connectivity index (χ4n) is 2.20. The molecule has 0 saturated heterocycles. The number of rotatable bonds is 2. The van der Waals surface area contributed by atoms with Crippen LogP contribution in [0.3, 0.4) is 0 Å². The van der Waals surface area contributed by atoms with E-state index in [0.717, 1.165) is 4.47 Å². The number of alkyl halides is 3. The molecule has 0 bridgehead atoms. The van der Waals surface area contributed by atoms with Gasteiger partial charge in [-0.3, -0.25) is 4.79 Å². The molecule has 2 nitrogen and oxygen atoms in total. The largest absolute Gasteiger partial charge is 0.441 e. The van der Waals surface area contributed by atoms with Gasteiger partial charge in [-0.2, -0.15) is 13.2 Å². The summed E-state index contributed by atoms with van der Waals surface area (Å²) in [4.78, 5) is 13.7. The Kier molecular flexibility index (Phi) is 3.64. The summed E-state index contributed by atoms with van der Waals surface area (Å²) in [6.07, 6.45) is 0. The van der Waals surface area contributed by atoms with Crippen molar-refractivity contribution in [3.05, 3.63) is 28.2 Å². The molecule has 1 aromatic carbocycles. The molecule has 0 aromatic heterocycles. The summed E-state index contributed by atoms with van der Waals surface area (Å²) in [5.74, 6) is -0.624. The molecule has 1 unspecified atom stereocenters. The molecule has 1 heterocycles. The van der Waals surface area contributed by atoms with Crippen molar-refractivity contribution in [1.29, 1.82) is 0 Å². The van der Waals surface area contributed by atoms with E-state index in [4.69, 9.17) is 0 Å². The molecule has 1 aliphatic rings. The molecule has 1 aromatic rings. The normalized spacial score (nSPS) is 22.8. The van der Waals surface area contributed by atoms with Gasteiger partial charge in [0.25, 0.3) is 0 Å². The Morgan fingerprint density at radius 2 is 2.05 bits per heavy atom. The molecule has 2 rings (SSSR count). The number of halogens is 4. The van der Waals surface area contributed by atoms with Crippen molar-refractivity contribution in [2.24, 2.45) is 0 Å². The monoisotopic (exact) mass is 353 g/mol. The minimum Gasteiger partial charge on any atom is -0.314 e. The minimum atomic E-state index is -4.34. The summed E-state index contributed by atoms with van der Waals surface area (Å²) >= 11 is 3.13. The maximum absolute atomic E-state index is 12.4. The van der Waals surface area contributed by atoms with Crippen molar-refractivity contribution < 1.29 is 18.0 Å². The Balaban J connectivity index is 2.41. The highest BCUT2D eigenvalue weighted by Gasteiger charge is 2.48. The molecule has 0 aliphatic carbocycles. The number of carbonyl (C=O) groups excluding carboxylic acids is 1. The molecular formula is C12H11BrF3NOS. The van der Waals surface area contributed by atoms with Gasteiger partial charge in [-0.15, -0.1) is 0 Å². The van der Waals surface area contributed by atoms with Crippen molar-refractivity contribution in [2.75, 3.05) is 17.7 Å². The van der Waals surface area contributed by atoms with Crippen LogP contribution in [0.5, 0.6) is 0 Å². The van der Waals surface area contributed by atoms with E-state index in [0.29, 0.717) is 11.3 Å². The zero-order valence-electron chi connectivity index (χ0n) is 10.2. The van der Waals surface area contributed by atoms with Crippen molar-refractivity contribution in [2.45, 2.75) is 17.8 Å². The second-order valence-corrected chi connectivity index (χ2v) is 6.55. The second-order valence-electron chi connectivity index (χ2n) is 4.59. The molecule has 104 valence electrons. The topological polar surface area (TPSA) is 20.3 Å². The molecular weight excluding hydrogens is 343 g/mol. The fourth-order valence-corrected chi connectivity index (χ4v) is 3.30. The predicted molar refractivity (Wildman–Crippen MR) is 73.4 cm³/mol. The Bertz CT molecular complexity index is 534. The maximum atomic E-state index is 12.4. The number of fused-ring (bicyclic) bond motifs is 1. The van der Waals surface area contributed by atoms with Crippen molar-refractivity contribution in [3.8, 4) is 0 Å². The van der Waals surface area contributed by atoms with E-state index in [1.165, 1.54) is 4.90 Å². The van der Waals surface area contributed by atoms with Gasteiger partial charge in [0.2, 0.25) is 5.91 Å². The number of benzene rings is 1. The summed E-state index contributed by atoms with van der Waals surface area (Å²) < 4.78 is 37.9. The van der Waals surface area contributed by atoms with Gasteiger partial charge < -0.3 is 4.90 Å². The number of likely N-dealkylation sites (N-methyl/N-ethyl adjacent to an activating group) is 1. The van der Waals surface area contributed by atoms with Crippen LogP contribution in [0.4, 0.5) is 18.9 Å². The van der Waals surface area contributed by atoms with E-state index >= 15 is 0 Å². The summed E-state index contributed by atoms with van der Waals surface area (Å²) in [5.41, 5.74) is -4.19. The van der Waals surface area contributed by atoms with Crippen LogP contribution in [0.25, 0.3) is 0 Å². The van der Waals surface area contributed by atoms with Gasteiger partial charge in [0.05, 0.1) is 5.41 Å². The highest BCUT2D eigenvalue weighted by molar-refractivity contribution is 9.10. The minimum absolute atomic E-state index is 0.158. The highest BCUT2D eigenvalue weighted by Crippen LogP contribution is 2.46. The Labute approximate surface area is 121 Å². The molecule has 0 saturated carbocycles. The lowest BCUT2D eigenvalue weighted by Gasteiger charge is -2.23. The number of anilines is 1. The molecule has 1 amide bonds. The lowest BCUT2D eigenvalue weighted by Crippen LogP contribution is -2.38. The van der Waals surface area contributed by atoms with E-state index in [9.17, 15) is 18.0 Å². The third kappa shape index (κ3) is 2.63. The quantitative estimate of drug-likeness (QED) is 0.802. The summed E-state index contributed by atoms with van der Waals surface area (Å²) in [6, 6.07) is 5.22. The molecule has 7 heteroatoms. The zero-order valence-corrected chi connectivity index (χ0v) is 12.6. The number of thioether (sulfide) groups is 1. The smallest absolute Gasteiger partial charge is 0.314 e. The third-order valence-corrected chi connectivity index (χ3v) is 4.76. The van der Waals surface area contributed by atoms with Crippen LogP contribution in [0.1, 0.15) is 12.5 Å². The summed E-state index contributed by atoms with van der Waals surface area (Å²) in [7, 11) is 1.58. The van der Waals surface area contributed by atoms with Gasteiger partial charge in [-0.1, -0.05) is 15.9 Å². The molecule has 0 fully saturated rings. The predicted octanol–water partition coefficient (Wildman–Crippen LogP) is 3.94. The lowest BCUT2D eigenvalue weighted by molar-refractivity contribution is -0.121. The first kappa shape index (κ1) is 14.7. The number of hydrogen-bond donors (Lipinski definition) is 0. The van der Waals surface area contributed by atoms with Gasteiger partial charge in [0, 0.05) is 23.0 Å². The second kappa shape index (κ2) is 4.70. The summed E-state index contributed by atoms with van der Waals surface area (Å²) in [6.45, 7) is 1.56. The Morgan fingerprint density at radius 3 is 2.63 bits per heavy atom. The van der Waals surface area contributed by atoms with Gasteiger partial charge >= 0.3 is 5.51 Å². The molecule has 1 aliphatic heterocycles. The molecule has 0 radical (unpaired) electrons. The van der Waals surface area contributed by atoms with Gasteiger partial charge in [-0.05, 0) is 42.4 Å². The van der Waals surface area contributed by atoms with Crippen LogP contribution in [0, 0.1) is 0 Å². The standard InChI is InChI=1S/C12H11BrF3NOS/c1-11(6-19-12(14,15)16)8-5-7(13)3-4-9(8)17(2)10(11)18/h3-5H,6H2,1-2H3. The number of amides is 1. The first-order valence-electron chi connectivity index (χ1n) is 5.44.